The number of anilines is 3. The number of fused-ring (bicyclic) bond motifs is 1. The largest absolute Gasteiger partial charge is 0.388 e. The molecule has 2 aliphatic rings. The van der Waals surface area contributed by atoms with E-state index in [0.29, 0.717) is 12.1 Å². The Labute approximate surface area is 212 Å². The van der Waals surface area contributed by atoms with Gasteiger partial charge in [0.05, 0.1) is 6.04 Å². The lowest BCUT2D eigenvalue weighted by Crippen LogP contribution is -2.34. The van der Waals surface area contributed by atoms with E-state index in [0.717, 1.165) is 55.0 Å². The number of likely N-dealkylation sites (N-methyl/N-ethyl adjacent to an activating group) is 1. The highest BCUT2D eigenvalue weighted by molar-refractivity contribution is 6.04. The summed E-state index contributed by atoms with van der Waals surface area (Å²) in [6.45, 7) is 2.64. The van der Waals surface area contributed by atoms with E-state index in [1.165, 1.54) is 11.1 Å². The summed E-state index contributed by atoms with van der Waals surface area (Å²) >= 11 is 0. The van der Waals surface area contributed by atoms with Crippen molar-refractivity contribution < 1.29 is 9.59 Å². The van der Waals surface area contributed by atoms with E-state index >= 15 is 0 Å². The molecule has 3 aromatic rings. The molecule has 36 heavy (non-hydrogen) atoms. The lowest BCUT2D eigenvalue weighted by molar-refractivity contribution is 0.102. The van der Waals surface area contributed by atoms with Gasteiger partial charge < -0.3 is 25.8 Å². The third-order valence-electron chi connectivity index (χ3n) is 7.12. The van der Waals surface area contributed by atoms with Gasteiger partial charge in [-0.3, -0.25) is 4.79 Å². The monoisotopic (exact) mass is 483 g/mol. The number of amides is 3. The van der Waals surface area contributed by atoms with Crippen molar-refractivity contribution in [2.45, 2.75) is 31.8 Å². The van der Waals surface area contributed by atoms with Crippen LogP contribution in [0.2, 0.25) is 0 Å². The standard InChI is InChI=1S/C29H33N5O2/c1-30-24-8-4-9-25(18-24)32-29(36)34-14-5-10-27(34)21-6-3-7-22(16-21)28(35)31-26-12-11-20-13-15-33(2)19-23(20)17-26/h3-4,6-9,11-12,16-18,27,30H,5,10,13-15,19H2,1-2H3,(H,31,35)(H,32,36)/t27-/m1/s1. The zero-order chi connectivity index (χ0) is 25.1. The van der Waals surface area contributed by atoms with Crippen LogP contribution in [0, 0.1) is 0 Å². The van der Waals surface area contributed by atoms with Crippen LogP contribution in [-0.2, 0) is 13.0 Å². The third kappa shape index (κ3) is 5.21. The van der Waals surface area contributed by atoms with Crippen LogP contribution in [0.25, 0.3) is 0 Å². The van der Waals surface area contributed by atoms with Gasteiger partial charge in [0, 0.05) is 49.3 Å². The van der Waals surface area contributed by atoms with Crippen molar-refractivity contribution in [3.63, 3.8) is 0 Å². The Kier molecular flexibility index (Phi) is 6.91. The van der Waals surface area contributed by atoms with Crippen molar-refractivity contribution in [3.8, 4) is 0 Å². The quantitative estimate of drug-likeness (QED) is 0.458. The van der Waals surface area contributed by atoms with Crippen molar-refractivity contribution in [1.82, 2.24) is 9.80 Å². The third-order valence-corrected chi connectivity index (χ3v) is 7.12. The van der Waals surface area contributed by atoms with Crippen molar-refractivity contribution in [2.75, 3.05) is 43.1 Å². The zero-order valence-corrected chi connectivity index (χ0v) is 20.9. The molecule has 0 unspecified atom stereocenters. The first-order valence-corrected chi connectivity index (χ1v) is 12.6. The maximum Gasteiger partial charge on any atom is 0.322 e. The minimum atomic E-state index is -0.140. The van der Waals surface area contributed by atoms with Gasteiger partial charge in [-0.15, -0.1) is 0 Å². The summed E-state index contributed by atoms with van der Waals surface area (Å²) in [5, 5.41) is 9.17. The second-order valence-corrected chi connectivity index (χ2v) is 9.66. The Bertz CT molecular complexity index is 1270. The van der Waals surface area contributed by atoms with Gasteiger partial charge in [0.1, 0.15) is 0 Å². The van der Waals surface area contributed by atoms with E-state index in [1.807, 2.05) is 66.5 Å². The molecule has 3 N–H and O–H groups in total. The number of carbonyl (C=O) groups is 2. The topological polar surface area (TPSA) is 76.7 Å². The lowest BCUT2D eigenvalue weighted by atomic mass is 9.99. The highest BCUT2D eigenvalue weighted by Crippen LogP contribution is 2.33. The van der Waals surface area contributed by atoms with E-state index in [-0.39, 0.29) is 18.0 Å². The van der Waals surface area contributed by atoms with Gasteiger partial charge in [-0.2, -0.15) is 0 Å². The number of nitrogens with zero attached hydrogens (tertiary/aromatic N) is 2. The highest BCUT2D eigenvalue weighted by atomic mass is 16.2. The van der Waals surface area contributed by atoms with Crippen molar-refractivity contribution in [2.24, 2.45) is 0 Å². The molecule has 7 heteroatoms. The molecule has 1 fully saturated rings. The molecule has 0 radical (unpaired) electrons. The van der Waals surface area contributed by atoms with Gasteiger partial charge in [-0.1, -0.05) is 24.3 Å². The fraction of sp³-hybridized carbons (Fsp3) is 0.310. The van der Waals surface area contributed by atoms with Crippen LogP contribution in [0.5, 0.6) is 0 Å². The van der Waals surface area contributed by atoms with Crippen molar-refractivity contribution in [1.29, 1.82) is 0 Å². The molecule has 0 saturated carbocycles. The molecule has 0 bridgehead atoms. The molecule has 5 rings (SSSR count). The lowest BCUT2D eigenvalue weighted by Gasteiger charge is -2.26. The summed E-state index contributed by atoms with van der Waals surface area (Å²) < 4.78 is 0. The van der Waals surface area contributed by atoms with Gasteiger partial charge in [-0.25, -0.2) is 4.79 Å². The number of rotatable bonds is 5. The molecular formula is C29H33N5O2. The van der Waals surface area contributed by atoms with Crippen molar-refractivity contribution >= 4 is 29.0 Å². The highest BCUT2D eigenvalue weighted by Gasteiger charge is 2.30. The summed E-state index contributed by atoms with van der Waals surface area (Å²) in [6.07, 6.45) is 2.83. The number of urea groups is 1. The van der Waals surface area contributed by atoms with Crippen LogP contribution in [0.3, 0.4) is 0 Å². The number of likely N-dealkylation sites (tertiary alicyclic amines) is 1. The van der Waals surface area contributed by atoms with E-state index in [1.54, 1.807) is 0 Å². The maximum absolute atomic E-state index is 13.1. The first-order chi connectivity index (χ1) is 17.5. The van der Waals surface area contributed by atoms with Crippen molar-refractivity contribution in [3.05, 3.63) is 89.0 Å². The predicted molar refractivity (Wildman–Crippen MR) is 145 cm³/mol. The summed E-state index contributed by atoms with van der Waals surface area (Å²) in [4.78, 5) is 30.4. The van der Waals surface area contributed by atoms with Crippen LogP contribution in [0.4, 0.5) is 21.9 Å². The molecule has 3 amide bonds. The van der Waals surface area contributed by atoms with E-state index in [9.17, 15) is 9.59 Å². The first-order valence-electron chi connectivity index (χ1n) is 12.6. The average Bonchev–Trinajstić information content (AvgIpc) is 3.39. The Hall–Kier alpha value is -3.84. The Balaban J connectivity index is 1.29. The molecule has 2 heterocycles. The fourth-order valence-electron chi connectivity index (χ4n) is 5.17. The number of nitrogens with one attached hydrogen (secondary N) is 3. The summed E-state index contributed by atoms with van der Waals surface area (Å²) in [5.41, 5.74) is 6.69. The maximum atomic E-state index is 13.1. The Morgan fingerprint density at radius 1 is 0.861 bits per heavy atom. The van der Waals surface area contributed by atoms with Gasteiger partial charge in [0.2, 0.25) is 0 Å². The molecule has 0 aliphatic carbocycles. The normalized spacial score (nSPS) is 17.4. The van der Waals surface area contributed by atoms with Crippen LogP contribution >= 0.6 is 0 Å². The SMILES string of the molecule is CNc1cccc(NC(=O)N2CCC[C@@H]2c2cccc(C(=O)Nc3ccc4c(c3)CN(C)CC4)c2)c1. The number of carbonyl (C=O) groups excluding carboxylic acids is 2. The minimum absolute atomic E-state index is 0.0653. The fourth-order valence-corrected chi connectivity index (χ4v) is 5.17. The summed E-state index contributed by atoms with van der Waals surface area (Å²) in [6, 6.07) is 21.3. The number of hydrogen-bond acceptors (Lipinski definition) is 4. The summed E-state index contributed by atoms with van der Waals surface area (Å²) in [7, 11) is 3.97. The molecule has 1 atom stereocenters. The molecule has 186 valence electrons. The smallest absolute Gasteiger partial charge is 0.322 e. The first kappa shape index (κ1) is 23.9. The summed E-state index contributed by atoms with van der Waals surface area (Å²) in [5.74, 6) is -0.140. The Morgan fingerprint density at radius 2 is 1.67 bits per heavy atom. The van der Waals surface area contributed by atoms with Gasteiger partial charge in [0.25, 0.3) is 5.91 Å². The van der Waals surface area contributed by atoms with E-state index in [2.05, 4.69) is 40.0 Å². The molecule has 0 spiro atoms. The second kappa shape index (κ2) is 10.4. The van der Waals surface area contributed by atoms with Gasteiger partial charge in [0.15, 0.2) is 0 Å². The van der Waals surface area contributed by atoms with Gasteiger partial charge in [-0.05, 0) is 85.5 Å². The minimum Gasteiger partial charge on any atom is -0.388 e. The van der Waals surface area contributed by atoms with Crippen LogP contribution < -0.4 is 16.0 Å². The van der Waals surface area contributed by atoms with Crippen LogP contribution in [-0.4, -0.2) is 48.9 Å². The number of hydrogen-bond donors (Lipinski definition) is 3. The zero-order valence-electron chi connectivity index (χ0n) is 20.9. The molecule has 7 nitrogen and oxygen atoms in total. The molecule has 0 aromatic heterocycles. The van der Waals surface area contributed by atoms with E-state index in [4.69, 9.17) is 0 Å². The molecule has 1 saturated heterocycles. The second-order valence-electron chi connectivity index (χ2n) is 9.66. The number of benzene rings is 3. The molecule has 2 aliphatic heterocycles. The van der Waals surface area contributed by atoms with E-state index < -0.39 is 0 Å². The Morgan fingerprint density at radius 3 is 2.53 bits per heavy atom. The average molecular weight is 484 g/mol. The predicted octanol–water partition coefficient (Wildman–Crippen LogP) is 5.34. The molecular weight excluding hydrogens is 450 g/mol. The van der Waals surface area contributed by atoms with Crippen LogP contribution in [0.1, 0.15) is 45.9 Å². The van der Waals surface area contributed by atoms with Crippen LogP contribution in [0.15, 0.2) is 66.7 Å². The van der Waals surface area contributed by atoms with Gasteiger partial charge >= 0.3 is 6.03 Å². The molecule has 3 aromatic carbocycles.